The summed E-state index contributed by atoms with van der Waals surface area (Å²) in [5, 5.41) is 0. The van der Waals surface area contributed by atoms with E-state index in [2.05, 4.69) is 15.0 Å². The third-order valence-corrected chi connectivity index (χ3v) is 2.07. The Kier molecular flexibility index (Phi) is 3.42. The number of amides is 1. The molecule has 0 aliphatic carbocycles. The maximum atomic E-state index is 13.4. The first-order valence-electron chi connectivity index (χ1n) is 5.01. The van der Waals surface area contributed by atoms with E-state index in [1.165, 1.54) is 6.20 Å². The summed E-state index contributed by atoms with van der Waals surface area (Å²) in [5.74, 6) is -1.50. The van der Waals surface area contributed by atoms with Crippen molar-refractivity contribution >= 4 is 5.91 Å². The van der Waals surface area contributed by atoms with Gasteiger partial charge in [0.05, 0.1) is 0 Å². The third kappa shape index (κ3) is 2.57. The predicted molar refractivity (Wildman–Crippen MR) is 59.1 cm³/mol. The van der Waals surface area contributed by atoms with Gasteiger partial charge in [0.2, 0.25) is 5.88 Å². The molecule has 0 aliphatic heterocycles. The van der Waals surface area contributed by atoms with Crippen molar-refractivity contribution in [3.63, 3.8) is 0 Å². The summed E-state index contributed by atoms with van der Waals surface area (Å²) in [6.45, 7) is -0.0302. The highest BCUT2D eigenvalue weighted by Crippen LogP contribution is 2.18. The highest BCUT2D eigenvalue weighted by atomic mass is 19.1. The van der Waals surface area contributed by atoms with Crippen LogP contribution in [0.4, 0.5) is 4.39 Å². The van der Waals surface area contributed by atoms with Crippen molar-refractivity contribution < 1.29 is 13.9 Å². The predicted octanol–water partition coefficient (Wildman–Crippen LogP) is 0.689. The van der Waals surface area contributed by atoms with Crippen LogP contribution in [0.3, 0.4) is 0 Å². The lowest BCUT2D eigenvalue weighted by atomic mass is 10.2. The molecule has 0 fully saturated rings. The Morgan fingerprint density at radius 2 is 2.00 bits per heavy atom. The normalized spacial score (nSPS) is 10.1. The van der Waals surface area contributed by atoms with Gasteiger partial charge in [-0.25, -0.2) is 19.3 Å². The molecule has 18 heavy (non-hydrogen) atoms. The van der Waals surface area contributed by atoms with Crippen LogP contribution in [0.5, 0.6) is 5.88 Å². The van der Waals surface area contributed by atoms with Gasteiger partial charge in [-0.05, 0) is 12.1 Å². The largest absolute Gasteiger partial charge is 0.469 e. The van der Waals surface area contributed by atoms with Gasteiger partial charge < -0.3 is 10.5 Å². The molecule has 0 aromatic carbocycles. The number of pyridine rings is 1. The van der Waals surface area contributed by atoms with Gasteiger partial charge in [0.1, 0.15) is 18.0 Å². The fraction of sp³-hybridized carbons (Fsp3) is 0.0909. The minimum absolute atomic E-state index is 0.0302. The van der Waals surface area contributed by atoms with E-state index in [0.29, 0.717) is 5.82 Å². The van der Waals surface area contributed by atoms with E-state index in [1.54, 1.807) is 18.5 Å². The van der Waals surface area contributed by atoms with Crippen LogP contribution in [0.25, 0.3) is 0 Å². The molecule has 7 heteroatoms. The molecule has 2 aromatic rings. The zero-order valence-corrected chi connectivity index (χ0v) is 9.21. The summed E-state index contributed by atoms with van der Waals surface area (Å²) in [6, 6.07) is 2.69. The van der Waals surface area contributed by atoms with Crippen LogP contribution in [-0.4, -0.2) is 20.9 Å². The van der Waals surface area contributed by atoms with Crippen molar-refractivity contribution in [2.24, 2.45) is 5.73 Å². The van der Waals surface area contributed by atoms with Gasteiger partial charge in [-0.15, -0.1) is 0 Å². The molecule has 0 spiro atoms. The van der Waals surface area contributed by atoms with E-state index in [1.807, 2.05) is 0 Å². The number of nitrogens with zero attached hydrogens (tertiary/aromatic N) is 3. The van der Waals surface area contributed by atoms with Gasteiger partial charge >= 0.3 is 0 Å². The smallest absolute Gasteiger partial charge is 0.257 e. The Bertz CT molecular complexity index is 562. The van der Waals surface area contributed by atoms with E-state index in [0.717, 1.165) is 6.07 Å². The van der Waals surface area contributed by atoms with E-state index < -0.39 is 11.7 Å². The van der Waals surface area contributed by atoms with Crippen molar-refractivity contribution in [1.82, 2.24) is 15.0 Å². The molecule has 2 N–H and O–H groups in total. The fourth-order valence-corrected chi connectivity index (χ4v) is 1.29. The second-order valence-corrected chi connectivity index (χ2v) is 3.29. The Morgan fingerprint density at radius 3 is 2.67 bits per heavy atom. The van der Waals surface area contributed by atoms with Crippen LogP contribution in [0.15, 0.2) is 30.7 Å². The lowest BCUT2D eigenvalue weighted by Crippen LogP contribution is -2.16. The van der Waals surface area contributed by atoms with Crippen molar-refractivity contribution in [3.05, 3.63) is 47.9 Å². The molecule has 2 aromatic heterocycles. The van der Waals surface area contributed by atoms with E-state index in [9.17, 15) is 9.18 Å². The van der Waals surface area contributed by atoms with Crippen LogP contribution in [0.1, 0.15) is 16.2 Å². The summed E-state index contributed by atoms with van der Waals surface area (Å²) in [6.07, 6.45) is 4.27. The molecule has 0 saturated carbocycles. The quantitative estimate of drug-likeness (QED) is 0.859. The number of ether oxygens (including phenoxy) is 1. The molecule has 0 saturated heterocycles. The number of carbonyl (C=O) groups is 1. The highest BCUT2D eigenvalue weighted by molar-refractivity contribution is 5.95. The minimum Gasteiger partial charge on any atom is -0.469 e. The Labute approximate surface area is 102 Å². The SMILES string of the molecule is NC(=O)c1c(F)ccnc1OCc1ncccn1. The first-order valence-corrected chi connectivity index (χ1v) is 5.01. The Morgan fingerprint density at radius 1 is 1.28 bits per heavy atom. The summed E-state index contributed by atoms with van der Waals surface area (Å²) in [4.78, 5) is 22.7. The zero-order valence-electron chi connectivity index (χ0n) is 9.21. The molecule has 0 radical (unpaired) electrons. The number of halogens is 1. The number of aromatic nitrogens is 3. The molecular formula is C11H9FN4O2. The maximum Gasteiger partial charge on any atom is 0.257 e. The molecule has 0 aliphatic rings. The fourth-order valence-electron chi connectivity index (χ4n) is 1.29. The monoisotopic (exact) mass is 248 g/mol. The van der Waals surface area contributed by atoms with Crippen molar-refractivity contribution in [2.75, 3.05) is 0 Å². The van der Waals surface area contributed by atoms with Gasteiger partial charge in [0.25, 0.3) is 5.91 Å². The second-order valence-electron chi connectivity index (χ2n) is 3.29. The van der Waals surface area contributed by atoms with Gasteiger partial charge in [0, 0.05) is 18.6 Å². The number of primary amides is 1. The lowest BCUT2D eigenvalue weighted by Gasteiger charge is -2.07. The Balaban J connectivity index is 2.20. The summed E-state index contributed by atoms with van der Waals surface area (Å²) >= 11 is 0. The van der Waals surface area contributed by atoms with Crippen molar-refractivity contribution in [1.29, 1.82) is 0 Å². The molecule has 6 nitrogen and oxygen atoms in total. The lowest BCUT2D eigenvalue weighted by molar-refractivity contribution is 0.0990. The van der Waals surface area contributed by atoms with Crippen molar-refractivity contribution in [3.8, 4) is 5.88 Å². The molecule has 2 rings (SSSR count). The van der Waals surface area contributed by atoms with Crippen LogP contribution >= 0.6 is 0 Å². The van der Waals surface area contributed by atoms with Crippen LogP contribution in [0.2, 0.25) is 0 Å². The molecule has 0 unspecified atom stereocenters. The van der Waals surface area contributed by atoms with Crippen LogP contribution in [-0.2, 0) is 6.61 Å². The van der Waals surface area contributed by atoms with Gasteiger partial charge in [-0.1, -0.05) is 0 Å². The zero-order chi connectivity index (χ0) is 13.0. The molecular weight excluding hydrogens is 239 g/mol. The van der Waals surface area contributed by atoms with Gasteiger partial charge in [-0.2, -0.15) is 0 Å². The summed E-state index contributed by atoms with van der Waals surface area (Å²) < 4.78 is 18.6. The first kappa shape index (κ1) is 11.9. The van der Waals surface area contributed by atoms with Crippen LogP contribution < -0.4 is 10.5 Å². The van der Waals surface area contributed by atoms with E-state index in [-0.39, 0.29) is 18.1 Å². The number of hydrogen-bond acceptors (Lipinski definition) is 5. The maximum absolute atomic E-state index is 13.4. The van der Waals surface area contributed by atoms with E-state index >= 15 is 0 Å². The first-order chi connectivity index (χ1) is 8.68. The molecule has 0 bridgehead atoms. The average Bonchev–Trinajstić information content (AvgIpc) is 2.37. The molecule has 0 atom stereocenters. The number of hydrogen-bond donors (Lipinski definition) is 1. The summed E-state index contributed by atoms with van der Waals surface area (Å²) in [5.41, 5.74) is 4.67. The molecule has 1 amide bonds. The number of rotatable bonds is 4. The summed E-state index contributed by atoms with van der Waals surface area (Å²) in [7, 11) is 0. The standard InChI is InChI=1S/C11H9FN4O2/c12-7-2-5-16-11(9(7)10(13)17)18-6-8-14-3-1-4-15-8/h1-5H,6H2,(H2,13,17). The molecule has 92 valence electrons. The third-order valence-electron chi connectivity index (χ3n) is 2.07. The van der Waals surface area contributed by atoms with E-state index in [4.69, 9.17) is 10.5 Å². The van der Waals surface area contributed by atoms with Gasteiger partial charge in [-0.3, -0.25) is 4.79 Å². The van der Waals surface area contributed by atoms with Gasteiger partial charge in [0.15, 0.2) is 5.82 Å². The second kappa shape index (κ2) is 5.17. The minimum atomic E-state index is -0.940. The molecule has 2 heterocycles. The number of carbonyl (C=O) groups excluding carboxylic acids is 1. The van der Waals surface area contributed by atoms with Crippen LogP contribution in [0, 0.1) is 5.82 Å². The topological polar surface area (TPSA) is 91.0 Å². The number of nitrogens with two attached hydrogens (primary N) is 1. The average molecular weight is 248 g/mol. The highest BCUT2D eigenvalue weighted by Gasteiger charge is 2.16. The Hall–Kier alpha value is -2.57. The van der Waals surface area contributed by atoms with Crippen molar-refractivity contribution in [2.45, 2.75) is 6.61 Å².